The van der Waals surface area contributed by atoms with Crippen molar-refractivity contribution in [2.75, 3.05) is 14.2 Å². The summed E-state index contributed by atoms with van der Waals surface area (Å²) in [7, 11) is 1.78. The Morgan fingerprint density at radius 2 is 1.41 bits per heavy atom. The van der Waals surface area contributed by atoms with E-state index >= 15 is 0 Å². The molecule has 0 amide bonds. The Morgan fingerprint density at radius 3 is 1.82 bits per heavy atom. The van der Waals surface area contributed by atoms with Gasteiger partial charge in [0.15, 0.2) is 0 Å². The van der Waals surface area contributed by atoms with Crippen molar-refractivity contribution in [3.05, 3.63) is 0 Å². The zero-order valence-corrected chi connectivity index (χ0v) is 13.1. The van der Waals surface area contributed by atoms with E-state index in [0.717, 1.165) is 6.04 Å². The third-order valence-electron chi connectivity index (χ3n) is 4.11. The van der Waals surface area contributed by atoms with Gasteiger partial charge in [-0.15, -0.1) is 0 Å². The van der Waals surface area contributed by atoms with E-state index in [1.54, 1.807) is 0 Å². The van der Waals surface area contributed by atoms with Crippen LogP contribution in [0.25, 0.3) is 0 Å². The van der Waals surface area contributed by atoms with E-state index in [4.69, 9.17) is 8.85 Å². The molecule has 17 heavy (non-hydrogen) atoms. The normalized spacial score (nSPS) is 20.3. The maximum absolute atomic E-state index is 5.95. The maximum Gasteiger partial charge on any atom is 0.341 e. The second kappa shape index (κ2) is 7.55. The monoisotopic (exact) mass is 258 g/mol. The molecule has 102 valence electrons. The molecule has 2 nitrogen and oxygen atoms in total. The van der Waals surface area contributed by atoms with E-state index in [9.17, 15) is 0 Å². The fourth-order valence-electron chi connectivity index (χ4n) is 3.22. The van der Waals surface area contributed by atoms with Crippen molar-refractivity contribution in [1.29, 1.82) is 0 Å². The molecule has 0 heterocycles. The van der Waals surface area contributed by atoms with Crippen LogP contribution < -0.4 is 0 Å². The smallest absolute Gasteiger partial charge is 0.341 e. The van der Waals surface area contributed by atoms with Crippen LogP contribution in [0.1, 0.15) is 58.8 Å². The van der Waals surface area contributed by atoms with E-state index in [0.29, 0.717) is 11.5 Å². The summed E-state index contributed by atoms with van der Waals surface area (Å²) in [6, 6.07) is 1.14. The zero-order valence-electron chi connectivity index (χ0n) is 12.1. The van der Waals surface area contributed by atoms with Crippen LogP contribution in [-0.2, 0) is 8.85 Å². The van der Waals surface area contributed by atoms with Crippen molar-refractivity contribution >= 4 is 8.56 Å². The first-order valence-corrected chi connectivity index (χ1v) is 9.35. The first-order valence-electron chi connectivity index (χ1n) is 7.25. The van der Waals surface area contributed by atoms with E-state index < -0.39 is 8.56 Å². The molecule has 1 saturated carbocycles. The Balaban J connectivity index is 2.71. The third-order valence-corrected chi connectivity index (χ3v) is 8.70. The SMILES string of the molecule is CO[Si](CC(C)C)(OC)C1CCCCCCC1. The molecule has 1 rings (SSSR count). The highest BCUT2D eigenvalue weighted by Gasteiger charge is 2.44. The zero-order chi connectivity index (χ0) is 12.7. The van der Waals surface area contributed by atoms with Gasteiger partial charge in [0.05, 0.1) is 0 Å². The number of hydrogen-bond acceptors (Lipinski definition) is 2. The summed E-state index contributed by atoms with van der Waals surface area (Å²) >= 11 is 0. The lowest BCUT2D eigenvalue weighted by molar-refractivity contribution is 0.214. The van der Waals surface area contributed by atoms with Crippen molar-refractivity contribution in [2.45, 2.75) is 70.4 Å². The molecular formula is C14H30O2Si. The summed E-state index contributed by atoms with van der Waals surface area (Å²) in [5, 5.41) is 0. The Labute approximate surface area is 108 Å². The summed E-state index contributed by atoms with van der Waals surface area (Å²) in [5.74, 6) is 0.673. The average molecular weight is 258 g/mol. The van der Waals surface area contributed by atoms with Crippen molar-refractivity contribution in [1.82, 2.24) is 0 Å². The van der Waals surface area contributed by atoms with Crippen molar-refractivity contribution in [2.24, 2.45) is 5.92 Å². The van der Waals surface area contributed by atoms with Gasteiger partial charge in [-0.25, -0.2) is 0 Å². The Hall–Kier alpha value is 0.137. The summed E-state index contributed by atoms with van der Waals surface area (Å²) in [4.78, 5) is 0. The lowest BCUT2D eigenvalue weighted by atomic mass is 10.0. The number of rotatable bonds is 5. The van der Waals surface area contributed by atoms with Gasteiger partial charge in [-0.2, -0.15) is 0 Å². The minimum Gasteiger partial charge on any atom is -0.397 e. The van der Waals surface area contributed by atoms with E-state index in [2.05, 4.69) is 13.8 Å². The van der Waals surface area contributed by atoms with Crippen molar-refractivity contribution < 1.29 is 8.85 Å². The van der Waals surface area contributed by atoms with Gasteiger partial charge in [-0.1, -0.05) is 46.0 Å². The van der Waals surface area contributed by atoms with Gasteiger partial charge in [0, 0.05) is 19.8 Å². The first-order chi connectivity index (χ1) is 8.14. The molecule has 1 aliphatic rings. The molecule has 0 aliphatic heterocycles. The topological polar surface area (TPSA) is 18.5 Å². The highest BCUT2D eigenvalue weighted by Crippen LogP contribution is 2.39. The van der Waals surface area contributed by atoms with E-state index in [-0.39, 0.29) is 0 Å². The quantitative estimate of drug-likeness (QED) is 0.676. The molecule has 0 spiro atoms. The predicted molar refractivity (Wildman–Crippen MR) is 75.5 cm³/mol. The summed E-state index contributed by atoms with van der Waals surface area (Å²) in [6.07, 6.45) is 9.59. The summed E-state index contributed by atoms with van der Waals surface area (Å²) in [6.45, 7) is 4.56. The van der Waals surface area contributed by atoms with Crippen LogP contribution >= 0.6 is 0 Å². The molecular weight excluding hydrogens is 228 g/mol. The molecule has 1 fully saturated rings. The Morgan fingerprint density at radius 1 is 0.941 bits per heavy atom. The molecule has 3 heteroatoms. The minimum absolute atomic E-state index is 0.673. The molecule has 0 bridgehead atoms. The average Bonchev–Trinajstić information content (AvgIpc) is 2.25. The fraction of sp³-hybridized carbons (Fsp3) is 1.00. The van der Waals surface area contributed by atoms with Gasteiger partial charge in [0.2, 0.25) is 0 Å². The predicted octanol–water partition coefficient (Wildman–Crippen LogP) is 4.49. The van der Waals surface area contributed by atoms with E-state index in [1.165, 1.54) is 44.9 Å². The molecule has 0 radical (unpaired) electrons. The highest BCUT2D eigenvalue weighted by molar-refractivity contribution is 6.69. The van der Waals surface area contributed by atoms with Gasteiger partial charge in [0.1, 0.15) is 0 Å². The summed E-state index contributed by atoms with van der Waals surface area (Å²) in [5.41, 5.74) is 0.709. The highest BCUT2D eigenvalue weighted by atomic mass is 28.4. The Bertz CT molecular complexity index is 194. The lowest BCUT2D eigenvalue weighted by Crippen LogP contribution is -2.46. The second-order valence-electron chi connectivity index (χ2n) is 5.86. The van der Waals surface area contributed by atoms with Crippen LogP contribution in [0.4, 0.5) is 0 Å². The molecule has 0 aromatic rings. The molecule has 1 aliphatic carbocycles. The standard InChI is InChI=1S/C14H30O2Si/c1-13(2)12-17(15-3,16-4)14-10-8-6-5-7-9-11-14/h13-14H,5-12H2,1-4H3. The maximum atomic E-state index is 5.95. The van der Waals surface area contributed by atoms with Crippen LogP contribution in [0.15, 0.2) is 0 Å². The Kier molecular flexibility index (Phi) is 6.74. The largest absolute Gasteiger partial charge is 0.397 e. The van der Waals surface area contributed by atoms with Crippen LogP contribution in [0.2, 0.25) is 11.6 Å². The molecule has 0 unspecified atom stereocenters. The molecule has 0 saturated heterocycles. The molecule has 0 N–H and O–H groups in total. The fourth-order valence-corrected chi connectivity index (χ4v) is 7.14. The van der Waals surface area contributed by atoms with Crippen molar-refractivity contribution in [3.8, 4) is 0 Å². The minimum atomic E-state index is -1.96. The van der Waals surface area contributed by atoms with Crippen LogP contribution in [0.5, 0.6) is 0 Å². The molecule has 0 atom stereocenters. The van der Waals surface area contributed by atoms with Crippen LogP contribution in [0, 0.1) is 5.92 Å². The summed E-state index contributed by atoms with van der Waals surface area (Å²) < 4.78 is 11.9. The molecule has 0 aromatic carbocycles. The van der Waals surface area contributed by atoms with Crippen molar-refractivity contribution in [3.63, 3.8) is 0 Å². The second-order valence-corrected chi connectivity index (χ2v) is 9.53. The lowest BCUT2D eigenvalue weighted by Gasteiger charge is -2.37. The van der Waals surface area contributed by atoms with Gasteiger partial charge in [0.25, 0.3) is 0 Å². The number of hydrogen-bond donors (Lipinski definition) is 0. The van der Waals surface area contributed by atoms with Gasteiger partial charge in [-0.3, -0.25) is 0 Å². The van der Waals surface area contributed by atoms with Gasteiger partial charge in [-0.05, 0) is 24.8 Å². The first kappa shape index (κ1) is 15.2. The van der Waals surface area contributed by atoms with Crippen LogP contribution in [-0.4, -0.2) is 22.8 Å². The molecule has 0 aromatic heterocycles. The van der Waals surface area contributed by atoms with E-state index in [1.807, 2.05) is 14.2 Å². The van der Waals surface area contributed by atoms with Gasteiger partial charge < -0.3 is 8.85 Å². The third kappa shape index (κ3) is 4.38. The van der Waals surface area contributed by atoms with Crippen LogP contribution in [0.3, 0.4) is 0 Å². The van der Waals surface area contributed by atoms with Gasteiger partial charge >= 0.3 is 8.56 Å².